The van der Waals surface area contributed by atoms with E-state index in [1.807, 2.05) is 26.8 Å². The van der Waals surface area contributed by atoms with Crippen LogP contribution in [0.3, 0.4) is 0 Å². The lowest BCUT2D eigenvalue weighted by atomic mass is 10.2. The van der Waals surface area contributed by atoms with E-state index >= 15 is 0 Å². The van der Waals surface area contributed by atoms with Crippen LogP contribution in [0.1, 0.15) is 29.9 Å². The molecule has 0 saturated heterocycles. The van der Waals surface area contributed by atoms with Crippen LogP contribution in [0, 0.1) is 6.92 Å². The Labute approximate surface area is 96.7 Å². The molecule has 4 heteroatoms. The summed E-state index contributed by atoms with van der Waals surface area (Å²) in [6.07, 6.45) is 0. The lowest BCUT2D eigenvalue weighted by molar-refractivity contribution is 0.0773. The molecule has 0 atom stereocenters. The van der Waals surface area contributed by atoms with Gasteiger partial charge in [-0.15, -0.1) is 0 Å². The van der Waals surface area contributed by atoms with Gasteiger partial charge in [0.25, 0.3) is 5.91 Å². The number of carbonyl (C=O) groups is 1. The van der Waals surface area contributed by atoms with E-state index in [9.17, 15) is 4.79 Å². The summed E-state index contributed by atoms with van der Waals surface area (Å²) in [7, 11) is 1.80. The van der Waals surface area contributed by atoms with Gasteiger partial charge < -0.3 is 10.2 Å². The van der Waals surface area contributed by atoms with Gasteiger partial charge in [-0.1, -0.05) is 0 Å². The van der Waals surface area contributed by atoms with Gasteiger partial charge in [0.05, 0.1) is 0 Å². The molecule has 0 aromatic carbocycles. The van der Waals surface area contributed by atoms with E-state index in [0.29, 0.717) is 5.56 Å². The van der Waals surface area contributed by atoms with Gasteiger partial charge in [-0.3, -0.25) is 4.79 Å². The van der Waals surface area contributed by atoms with Crippen LogP contribution in [-0.4, -0.2) is 35.9 Å². The molecule has 1 aromatic rings. The number of hydrogen-bond acceptors (Lipinski definition) is 3. The highest BCUT2D eigenvalue weighted by molar-refractivity contribution is 5.95. The Morgan fingerprint density at radius 1 is 1.38 bits per heavy atom. The molecule has 1 aromatic heterocycles. The molecule has 1 amide bonds. The Kier molecular flexibility index (Phi) is 4.28. The van der Waals surface area contributed by atoms with Crippen LogP contribution in [0.5, 0.6) is 0 Å². The minimum Gasteiger partial charge on any atom is -0.373 e. The Morgan fingerprint density at radius 2 is 2.00 bits per heavy atom. The van der Waals surface area contributed by atoms with Crippen LogP contribution in [-0.2, 0) is 0 Å². The van der Waals surface area contributed by atoms with Crippen molar-refractivity contribution in [3.05, 3.63) is 23.4 Å². The molecule has 1 rings (SSSR count). The predicted molar refractivity (Wildman–Crippen MR) is 65.8 cm³/mol. The van der Waals surface area contributed by atoms with Crippen molar-refractivity contribution in [3.63, 3.8) is 0 Å². The molecule has 16 heavy (non-hydrogen) atoms. The zero-order valence-electron chi connectivity index (χ0n) is 10.4. The van der Waals surface area contributed by atoms with Crippen molar-refractivity contribution in [2.45, 2.75) is 20.8 Å². The maximum atomic E-state index is 12.1. The predicted octanol–water partition coefficient (Wildman–Crippen LogP) is 1.91. The number of amides is 1. The highest BCUT2D eigenvalue weighted by Crippen LogP contribution is 2.12. The zero-order chi connectivity index (χ0) is 12.1. The number of nitrogens with zero attached hydrogens (tertiary/aromatic N) is 2. The number of hydrogen-bond donors (Lipinski definition) is 1. The quantitative estimate of drug-likeness (QED) is 0.844. The van der Waals surface area contributed by atoms with E-state index in [1.54, 1.807) is 18.0 Å². The Hall–Kier alpha value is -1.58. The molecule has 0 bridgehead atoms. The smallest absolute Gasteiger partial charge is 0.254 e. The monoisotopic (exact) mass is 221 g/mol. The number of aromatic nitrogens is 1. The summed E-state index contributed by atoms with van der Waals surface area (Å²) < 4.78 is 0. The summed E-state index contributed by atoms with van der Waals surface area (Å²) in [4.78, 5) is 18.2. The summed E-state index contributed by atoms with van der Waals surface area (Å²) in [6.45, 7) is 7.31. The molecule has 4 nitrogen and oxygen atoms in total. The van der Waals surface area contributed by atoms with Gasteiger partial charge in [0.15, 0.2) is 0 Å². The molecule has 0 aliphatic heterocycles. The minimum absolute atomic E-state index is 0.0620. The lowest BCUT2D eigenvalue weighted by Gasteiger charge is -2.19. The van der Waals surface area contributed by atoms with Crippen molar-refractivity contribution in [2.75, 3.05) is 25.5 Å². The highest BCUT2D eigenvalue weighted by Gasteiger charge is 2.13. The Bertz CT molecular complexity index is 373. The second kappa shape index (κ2) is 5.49. The first-order valence-corrected chi connectivity index (χ1v) is 5.58. The van der Waals surface area contributed by atoms with Gasteiger partial charge in [-0.25, -0.2) is 4.98 Å². The summed E-state index contributed by atoms with van der Waals surface area (Å²) in [6, 6.07) is 3.61. The molecule has 1 N–H and O–H groups in total. The van der Waals surface area contributed by atoms with Gasteiger partial charge >= 0.3 is 0 Å². The maximum absolute atomic E-state index is 12.1. The Balaban J connectivity index is 3.03. The van der Waals surface area contributed by atoms with E-state index in [1.165, 1.54) is 0 Å². The lowest BCUT2D eigenvalue weighted by Crippen LogP contribution is -2.30. The third-order valence-electron chi connectivity index (χ3n) is 2.51. The fraction of sp³-hybridized carbons (Fsp3) is 0.500. The van der Waals surface area contributed by atoms with Crippen molar-refractivity contribution in [1.82, 2.24) is 9.88 Å². The van der Waals surface area contributed by atoms with Crippen molar-refractivity contribution >= 4 is 11.7 Å². The molecular formula is C12H19N3O. The van der Waals surface area contributed by atoms with Crippen molar-refractivity contribution in [1.29, 1.82) is 0 Å². The average Bonchev–Trinajstić information content (AvgIpc) is 2.29. The highest BCUT2D eigenvalue weighted by atomic mass is 16.2. The number of nitrogens with one attached hydrogen (secondary N) is 1. The first kappa shape index (κ1) is 12.5. The average molecular weight is 221 g/mol. The van der Waals surface area contributed by atoms with Gasteiger partial charge in [-0.2, -0.15) is 0 Å². The van der Waals surface area contributed by atoms with E-state index in [4.69, 9.17) is 0 Å². The summed E-state index contributed by atoms with van der Waals surface area (Å²) in [5.41, 5.74) is 1.54. The molecule has 88 valence electrons. The van der Waals surface area contributed by atoms with Crippen LogP contribution in [0.25, 0.3) is 0 Å². The molecule has 0 saturated carbocycles. The standard InChI is InChI=1S/C12H19N3O/c1-5-15(6-2)12(16)10-7-9(3)14-11(8-10)13-4/h7-8H,5-6H2,1-4H3,(H,13,14). The first-order chi connectivity index (χ1) is 7.62. The van der Waals surface area contributed by atoms with Crippen LogP contribution in [0.15, 0.2) is 12.1 Å². The zero-order valence-corrected chi connectivity index (χ0v) is 10.4. The van der Waals surface area contributed by atoms with Gasteiger partial charge in [0.1, 0.15) is 5.82 Å². The van der Waals surface area contributed by atoms with E-state index in [-0.39, 0.29) is 5.91 Å². The second-order valence-electron chi connectivity index (χ2n) is 3.61. The van der Waals surface area contributed by atoms with Crippen molar-refractivity contribution < 1.29 is 4.79 Å². The number of rotatable bonds is 4. The van der Waals surface area contributed by atoms with Crippen molar-refractivity contribution in [2.24, 2.45) is 0 Å². The second-order valence-corrected chi connectivity index (χ2v) is 3.61. The van der Waals surface area contributed by atoms with Crippen LogP contribution in [0.4, 0.5) is 5.82 Å². The minimum atomic E-state index is 0.0620. The molecular weight excluding hydrogens is 202 g/mol. The third-order valence-corrected chi connectivity index (χ3v) is 2.51. The van der Waals surface area contributed by atoms with Gasteiger partial charge in [0, 0.05) is 31.4 Å². The fourth-order valence-electron chi connectivity index (χ4n) is 1.61. The molecule has 0 fully saturated rings. The van der Waals surface area contributed by atoms with Crippen molar-refractivity contribution in [3.8, 4) is 0 Å². The summed E-state index contributed by atoms with van der Waals surface area (Å²) in [5.74, 6) is 0.794. The molecule has 0 radical (unpaired) electrons. The fourth-order valence-corrected chi connectivity index (χ4v) is 1.61. The summed E-state index contributed by atoms with van der Waals surface area (Å²) in [5, 5.41) is 2.96. The molecule has 0 unspecified atom stereocenters. The number of anilines is 1. The van der Waals surface area contributed by atoms with E-state index in [0.717, 1.165) is 24.6 Å². The Morgan fingerprint density at radius 3 is 2.50 bits per heavy atom. The number of carbonyl (C=O) groups excluding carboxylic acids is 1. The maximum Gasteiger partial charge on any atom is 0.254 e. The normalized spacial score (nSPS) is 10.0. The van der Waals surface area contributed by atoms with Crippen LogP contribution < -0.4 is 5.32 Å². The molecule has 0 aliphatic rings. The number of pyridine rings is 1. The summed E-state index contributed by atoms with van der Waals surface area (Å²) >= 11 is 0. The topological polar surface area (TPSA) is 45.2 Å². The first-order valence-electron chi connectivity index (χ1n) is 5.58. The van der Waals surface area contributed by atoms with Crippen LogP contribution >= 0.6 is 0 Å². The molecule has 1 heterocycles. The van der Waals surface area contributed by atoms with Crippen LogP contribution in [0.2, 0.25) is 0 Å². The molecule has 0 spiro atoms. The number of aryl methyl sites for hydroxylation is 1. The largest absolute Gasteiger partial charge is 0.373 e. The molecule has 0 aliphatic carbocycles. The van der Waals surface area contributed by atoms with Gasteiger partial charge in [0.2, 0.25) is 0 Å². The van der Waals surface area contributed by atoms with E-state index in [2.05, 4.69) is 10.3 Å². The van der Waals surface area contributed by atoms with Gasteiger partial charge in [-0.05, 0) is 32.9 Å². The SMILES string of the molecule is CCN(CC)C(=O)c1cc(C)nc(NC)c1. The van der Waals surface area contributed by atoms with E-state index < -0.39 is 0 Å². The third kappa shape index (κ3) is 2.72.